The molecule has 1 aliphatic carbocycles. The lowest BCUT2D eigenvalue weighted by atomic mass is 9.86. The zero-order valence-electron chi connectivity index (χ0n) is 11.4. The fraction of sp³-hybridized carbons (Fsp3) is 0.714. The molecule has 0 spiro atoms. The maximum Gasteiger partial charge on any atom is 0.316 e. The van der Waals surface area contributed by atoms with Crippen LogP contribution in [0.25, 0.3) is 0 Å². The van der Waals surface area contributed by atoms with E-state index in [1.807, 2.05) is 6.92 Å². The van der Waals surface area contributed by atoms with E-state index in [9.17, 15) is 9.90 Å². The molecule has 1 aliphatic rings. The molecule has 18 heavy (non-hydrogen) atoms. The van der Waals surface area contributed by atoms with Crippen molar-refractivity contribution < 1.29 is 9.90 Å². The van der Waals surface area contributed by atoms with E-state index in [2.05, 4.69) is 9.97 Å². The number of carboxylic acids is 1. The average molecular weight is 250 g/mol. The van der Waals surface area contributed by atoms with E-state index in [-0.39, 0.29) is 0 Å². The van der Waals surface area contributed by atoms with E-state index in [0.717, 1.165) is 11.4 Å². The molecule has 1 heterocycles. The molecule has 4 nitrogen and oxygen atoms in total. The molecule has 0 radical (unpaired) electrons. The van der Waals surface area contributed by atoms with Gasteiger partial charge in [-0.2, -0.15) is 0 Å². The van der Waals surface area contributed by atoms with Crippen LogP contribution in [0, 0.1) is 6.92 Å². The second kappa shape index (κ2) is 4.75. The van der Waals surface area contributed by atoms with Gasteiger partial charge in [0.15, 0.2) is 0 Å². The first-order valence-corrected chi connectivity index (χ1v) is 6.73. The van der Waals surface area contributed by atoms with Gasteiger partial charge in [-0.25, -0.2) is 4.98 Å². The highest BCUT2D eigenvalue weighted by Gasteiger charge is 2.34. The summed E-state index contributed by atoms with van der Waals surface area (Å²) in [6.45, 7) is 5.38. The van der Waals surface area contributed by atoms with Gasteiger partial charge in [0.1, 0.15) is 11.2 Å². The highest BCUT2D eigenvalue weighted by Crippen LogP contribution is 2.34. The smallest absolute Gasteiger partial charge is 0.316 e. The Balaban J connectivity index is 2.29. The zero-order valence-corrected chi connectivity index (χ0v) is 11.4. The number of rotatable bonds is 3. The fourth-order valence-corrected chi connectivity index (χ4v) is 2.64. The van der Waals surface area contributed by atoms with Gasteiger partial charge in [0.2, 0.25) is 0 Å². The fourth-order valence-electron chi connectivity index (χ4n) is 2.64. The van der Waals surface area contributed by atoms with Crippen LogP contribution >= 0.6 is 0 Å². The van der Waals surface area contributed by atoms with Crippen molar-refractivity contribution in [2.45, 2.75) is 64.2 Å². The second-order valence-electron chi connectivity index (χ2n) is 5.86. The third-order valence-corrected chi connectivity index (χ3v) is 4.04. The first-order valence-electron chi connectivity index (χ1n) is 6.73. The number of H-pyrrole nitrogens is 1. The second-order valence-corrected chi connectivity index (χ2v) is 5.86. The van der Waals surface area contributed by atoms with Gasteiger partial charge < -0.3 is 10.1 Å². The number of hydrogen-bond acceptors (Lipinski definition) is 2. The predicted octanol–water partition coefficient (Wildman–Crippen LogP) is 3.13. The van der Waals surface area contributed by atoms with E-state index < -0.39 is 11.4 Å². The summed E-state index contributed by atoms with van der Waals surface area (Å²) in [5, 5.41) is 9.25. The van der Waals surface area contributed by atoms with Crippen molar-refractivity contribution in [3.8, 4) is 0 Å². The van der Waals surface area contributed by atoms with Crippen molar-refractivity contribution in [2.75, 3.05) is 0 Å². The minimum absolute atomic E-state index is 0.508. The summed E-state index contributed by atoms with van der Waals surface area (Å²) in [6, 6.07) is 0. The standard InChI is InChI=1S/C14H22N2O2/c1-9-11(10-7-5-4-6-8-10)16-12(15-9)14(2,3)13(17)18/h10H,4-8H2,1-3H3,(H,15,16)(H,17,18). The molecular weight excluding hydrogens is 228 g/mol. The number of nitrogens with zero attached hydrogens (tertiary/aromatic N) is 1. The van der Waals surface area contributed by atoms with Crippen LogP contribution in [0.2, 0.25) is 0 Å². The van der Waals surface area contributed by atoms with Crippen LogP contribution in [-0.4, -0.2) is 21.0 Å². The van der Waals surface area contributed by atoms with Crippen LogP contribution in [0.15, 0.2) is 0 Å². The SMILES string of the molecule is Cc1[nH]c(C(C)(C)C(=O)O)nc1C1CCCCC1. The molecule has 4 heteroatoms. The molecule has 0 saturated heterocycles. The molecule has 100 valence electrons. The van der Waals surface area contributed by atoms with Crippen molar-refractivity contribution in [3.05, 3.63) is 17.2 Å². The van der Waals surface area contributed by atoms with Crippen LogP contribution in [0.1, 0.15) is 69.1 Å². The quantitative estimate of drug-likeness (QED) is 0.866. The van der Waals surface area contributed by atoms with Crippen LogP contribution in [-0.2, 0) is 10.2 Å². The first kappa shape index (κ1) is 13.1. The molecule has 0 aromatic carbocycles. The van der Waals surface area contributed by atoms with Crippen molar-refractivity contribution in [2.24, 2.45) is 0 Å². The molecule has 1 saturated carbocycles. The minimum Gasteiger partial charge on any atom is -0.481 e. The number of carbonyl (C=O) groups is 1. The lowest BCUT2D eigenvalue weighted by molar-refractivity contribution is -0.142. The summed E-state index contributed by atoms with van der Waals surface area (Å²) in [6.07, 6.45) is 6.19. The van der Waals surface area contributed by atoms with Crippen LogP contribution in [0.3, 0.4) is 0 Å². The van der Waals surface area contributed by atoms with Gasteiger partial charge in [0.05, 0.1) is 5.69 Å². The van der Waals surface area contributed by atoms with Crippen LogP contribution in [0.5, 0.6) is 0 Å². The Bertz CT molecular complexity index is 443. The molecule has 0 unspecified atom stereocenters. The maximum absolute atomic E-state index is 11.3. The summed E-state index contributed by atoms with van der Waals surface area (Å²) in [4.78, 5) is 19.0. The Hall–Kier alpha value is -1.32. The van der Waals surface area contributed by atoms with E-state index in [1.54, 1.807) is 13.8 Å². The summed E-state index contributed by atoms with van der Waals surface area (Å²) < 4.78 is 0. The number of carboxylic acid groups (broad SMARTS) is 1. The Morgan fingerprint density at radius 2 is 1.94 bits per heavy atom. The monoisotopic (exact) mass is 250 g/mol. The van der Waals surface area contributed by atoms with Gasteiger partial charge in [-0.15, -0.1) is 0 Å². The van der Waals surface area contributed by atoms with E-state index in [4.69, 9.17) is 0 Å². The number of hydrogen-bond donors (Lipinski definition) is 2. The number of aryl methyl sites for hydroxylation is 1. The number of aliphatic carboxylic acids is 1. The molecule has 1 aromatic heterocycles. The lowest BCUT2D eigenvalue weighted by Gasteiger charge is -2.20. The Kier molecular flexibility index (Phi) is 3.46. The molecule has 0 atom stereocenters. The zero-order chi connectivity index (χ0) is 13.3. The van der Waals surface area contributed by atoms with E-state index >= 15 is 0 Å². The van der Waals surface area contributed by atoms with Gasteiger partial charge in [0.25, 0.3) is 0 Å². The van der Waals surface area contributed by atoms with Gasteiger partial charge in [-0.3, -0.25) is 4.79 Å². The molecule has 2 N–H and O–H groups in total. The summed E-state index contributed by atoms with van der Waals surface area (Å²) in [5.74, 6) is 0.243. The molecule has 1 fully saturated rings. The summed E-state index contributed by atoms with van der Waals surface area (Å²) in [7, 11) is 0. The van der Waals surface area contributed by atoms with Gasteiger partial charge >= 0.3 is 5.97 Å². The first-order chi connectivity index (χ1) is 8.43. The maximum atomic E-state index is 11.3. The van der Waals surface area contributed by atoms with Crippen LogP contribution in [0.4, 0.5) is 0 Å². The van der Waals surface area contributed by atoms with Gasteiger partial charge in [-0.05, 0) is 33.6 Å². The van der Waals surface area contributed by atoms with Crippen molar-refractivity contribution in [1.29, 1.82) is 0 Å². The topological polar surface area (TPSA) is 66.0 Å². The van der Waals surface area contributed by atoms with Gasteiger partial charge in [0, 0.05) is 11.6 Å². The number of aromatic amines is 1. The van der Waals surface area contributed by atoms with Crippen molar-refractivity contribution in [1.82, 2.24) is 9.97 Å². The molecule has 1 aromatic rings. The highest BCUT2D eigenvalue weighted by molar-refractivity contribution is 5.79. The number of nitrogens with one attached hydrogen (secondary N) is 1. The molecule has 0 aliphatic heterocycles. The van der Waals surface area contributed by atoms with Crippen molar-refractivity contribution >= 4 is 5.97 Å². The largest absolute Gasteiger partial charge is 0.481 e. The average Bonchev–Trinajstić information content (AvgIpc) is 2.73. The molecule has 2 rings (SSSR count). The Morgan fingerprint density at radius 3 is 2.50 bits per heavy atom. The lowest BCUT2D eigenvalue weighted by Crippen LogP contribution is -2.30. The third kappa shape index (κ3) is 2.28. The normalized spacial score (nSPS) is 17.9. The van der Waals surface area contributed by atoms with Crippen molar-refractivity contribution in [3.63, 3.8) is 0 Å². The molecular formula is C14H22N2O2. The number of imidazole rings is 1. The highest BCUT2D eigenvalue weighted by atomic mass is 16.4. The number of aromatic nitrogens is 2. The van der Waals surface area contributed by atoms with Gasteiger partial charge in [-0.1, -0.05) is 19.3 Å². The third-order valence-electron chi connectivity index (χ3n) is 4.04. The van der Waals surface area contributed by atoms with Crippen LogP contribution < -0.4 is 0 Å². The van der Waals surface area contributed by atoms with E-state index in [1.165, 1.54) is 32.1 Å². The summed E-state index contributed by atoms with van der Waals surface area (Å²) in [5.41, 5.74) is 1.17. The molecule has 0 amide bonds. The predicted molar refractivity (Wildman–Crippen MR) is 69.8 cm³/mol. The minimum atomic E-state index is -0.947. The Morgan fingerprint density at radius 1 is 1.33 bits per heavy atom. The summed E-state index contributed by atoms with van der Waals surface area (Å²) >= 11 is 0. The van der Waals surface area contributed by atoms with E-state index in [0.29, 0.717) is 11.7 Å². The molecule has 0 bridgehead atoms. The Labute approximate surface area is 108 Å².